The lowest BCUT2D eigenvalue weighted by Crippen LogP contribution is -2.50. The van der Waals surface area contributed by atoms with Crippen molar-refractivity contribution in [2.24, 2.45) is 0 Å². The minimum atomic E-state index is -3.91. The Morgan fingerprint density at radius 1 is 0.889 bits per heavy atom. The summed E-state index contributed by atoms with van der Waals surface area (Å²) in [5, 5.41) is 2.97. The predicted molar refractivity (Wildman–Crippen MR) is 144 cm³/mol. The quantitative estimate of drug-likeness (QED) is 0.415. The summed E-state index contributed by atoms with van der Waals surface area (Å²) in [5.41, 5.74) is 2.23. The molecule has 1 N–H and O–H groups in total. The first-order valence-corrected chi connectivity index (χ1v) is 14.0. The number of halogens is 3. The Morgan fingerprint density at radius 3 is 2.08 bits per heavy atom. The third kappa shape index (κ3) is 5.60. The topological polar surface area (TPSA) is 86.8 Å². The van der Waals surface area contributed by atoms with Gasteiger partial charge in [-0.1, -0.05) is 51.3 Å². The van der Waals surface area contributed by atoms with Crippen LogP contribution in [-0.4, -0.2) is 55.6 Å². The largest absolute Gasteiger partial charge is 0.336 e. The van der Waals surface area contributed by atoms with Gasteiger partial charge in [-0.25, -0.2) is 8.42 Å². The Hall–Kier alpha value is -2.43. The zero-order valence-corrected chi connectivity index (χ0v) is 23.1. The van der Waals surface area contributed by atoms with Gasteiger partial charge in [0.1, 0.15) is 4.90 Å². The van der Waals surface area contributed by atoms with Crippen molar-refractivity contribution < 1.29 is 18.0 Å². The summed E-state index contributed by atoms with van der Waals surface area (Å²) in [6.07, 6.45) is 0. The van der Waals surface area contributed by atoms with Gasteiger partial charge in [0.15, 0.2) is 0 Å². The highest BCUT2D eigenvalue weighted by atomic mass is 79.9. The van der Waals surface area contributed by atoms with Crippen molar-refractivity contribution in [3.05, 3.63) is 91.9 Å². The molecule has 3 aromatic carbocycles. The van der Waals surface area contributed by atoms with E-state index in [1.807, 2.05) is 6.92 Å². The normalized spacial score (nSPS) is 14.5. The van der Waals surface area contributed by atoms with E-state index < -0.39 is 10.0 Å². The fraction of sp³-hybridized carbons (Fsp3) is 0.200. The minimum Gasteiger partial charge on any atom is -0.336 e. The van der Waals surface area contributed by atoms with Gasteiger partial charge in [0.2, 0.25) is 10.0 Å². The SMILES string of the molecule is Cc1ccc(C(=O)N2CCN(S(=O)(=O)c3c(Cl)cccc3Cl)CC2)cc1NC(=O)c1ccc(Br)cc1. The van der Waals surface area contributed by atoms with E-state index in [4.69, 9.17) is 23.2 Å². The van der Waals surface area contributed by atoms with Crippen LogP contribution in [0.4, 0.5) is 5.69 Å². The van der Waals surface area contributed by atoms with Crippen LogP contribution in [0.2, 0.25) is 10.0 Å². The van der Waals surface area contributed by atoms with Crippen molar-refractivity contribution in [3.63, 3.8) is 0 Å². The molecule has 1 aliphatic heterocycles. The fourth-order valence-electron chi connectivity index (χ4n) is 3.86. The Labute approximate surface area is 228 Å². The second kappa shape index (κ2) is 10.9. The number of carbonyl (C=O) groups is 2. The second-order valence-electron chi connectivity index (χ2n) is 8.24. The van der Waals surface area contributed by atoms with Gasteiger partial charge < -0.3 is 10.2 Å². The van der Waals surface area contributed by atoms with E-state index in [1.165, 1.54) is 16.4 Å². The first-order chi connectivity index (χ1) is 17.1. The molecule has 1 saturated heterocycles. The van der Waals surface area contributed by atoms with Gasteiger partial charge in [0.25, 0.3) is 11.8 Å². The molecule has 0 bridgehead atoms. The molecule has 1 aliphatic rings. The third-order valence-corrected chi connectivity index (χ3v) is 9.27. The van der Waals surface area contributed by atoms with Gasteiger partial charge >= 0.3 is 0 Å². The zero-order valence-electron chi connectivity index (χ0n) is 19.2. The van der Waals surface area contributed by atoms with Gasteiger partial charge in [-0.2, -0.15) is 4.31 Å². The molecule has 0 aromatic heterocycles. The molecule has 0 atom stereocenters. The number of hydrogen-bond donors (Lipinski definition) is 1. The van der Waals surface area contributed by atoms with Crippen molar-refractivity contribution in [2.75, 3.05) is 31.5 Å². The predicted octanol–water partition coefficient (Wildman–Crippen LogP) is 5.46. The number of rotatable bonds is 5. The molecule has 188 valence electrons. The zero-order chi connectivity index (χ0) is 26.0. The molecule has 0 radical (unpaired) electrons. The summed E-state index contributed by atoms with van der Waals surface area (Å²) in [4.78, 5) is 27.3. The summed E-state index contributed by atoms with van der Waals surface area (Å²) in [6.45, 7) is 2.46. The van der Waals surface area contributed by atoms with Crippen LogP contribution < -0.4 is 5.32 Å². The highest BCUT2D eigenvalue weighted by molar-refractivity contribution is 9.10. The molecule has 3 aromatic rings. The molecule has 11 heteroatoms. The maximum absolute atomic E-state index is 13.2. The fourth-order valence-corrected chi connectivity index (χ4v) is 6.64. The molecule has 0 aliphatic carbocycles. The number of hydrogen-bond acceptors (Lipinski definition) is 4. The lowest BCUT2D eigenvalue weighted by molar-refractivity contribution is 0.0697. The molecule has 7 nitrogen and oxygen atoms in total. The van der Waals surface area contributed by atoms with Gasteiger partial charge in [0.05, 0.1) is 10.0 Å². The molecule has 1 heterocycles. The van der Waals surface area contributed by atoms with E-state index in [2.05, 4.69) is 21.2 Å². The first-order valence-electron chi connectivity index (χ1n) is 11.0. The molecule has 2 amide bonds. The van der Waals surface area contributed by atoms with Crippen LogP contribution in [0.25, 0.3) is 0 Å². The average Bonchev–Trinajstić information content (AvgIpc) is 2.85. The Kier molecular flexibility index (Phi) is 8.06. The number of sulfonamides is 1. The first kappa shape index (κ1) is 26.6. The molecule has 0 spiro atoms. The van der Waals surface area contributed by atoms with Crippen molar-refractivity contribution in [3.8, 4) is 0 Å². The Bertz CT molecular complexity index is 1400. The minimum absolute atomic E-state index is 0.0541. The maximum atomic E-state index is 13.2. The lowest BCUT2D eigenvalue weighted by atomic mass is 10.1. The van der Waals surface area contributed by atoms with Crippen LogP contribution in [0.5, 0.6) is 0 Å². The van der Waals surface area contributed by atoms with Crippen molar-refractivity contribution in [1.82, 2.24) is 9.21 Å². The number of benzene rings is 3. The average molecular weight is 611 g/mol. The van der Waals surface area contributed by atoms with Crippen molar-refractivity contribution in [2.45, 2.75) is 11.8 Å². The number of amides is 2. The van der Waals surface area contributed by atoms with E-state index in [1.54, 1.807) is 53.4 Å². The third-order valence-electron chi connectivity index (χ3n) is 5.88. The monoisotopic (exact) mass is 609 g/mol. The van der Waals surface area contributed by atoms with Crippen LogP contribution in [-0.2, 0) is 10.0 Å². The smallest absolute Gasteiger partial charge is 0.255 e. The standard InChI is InChI=1S/C25H22BrCl2N3O4S/c1-16-5-6-18(15-22(16)29-24(32)17-7-9-19(26)10-8-17)25(33)30-11-13-31(14-12-30)36(34,35)23-20(27)3-2-4-21(23)28/h2-10,15H,11-14H2,1H3,(H,29,32). The summed E-state index contributed by atoms with van der Waals surface area (Å²) in [7, 11) is -3.91. The van der Waals surface area contributed by atoms with Gasteiger partial charge in [-0.05, 0) is 61.0 Å². The number of piperazine rings is 1. The van der Waals surface area contributed by atoms with E-state index in [9.17, 15) is 18.0 Å². The summed E-state index contributed by atoms with van der Waals surface area (Å²) < 4.78 is 28.4. The number of anilines is 1. The molecule has 0 saturated carbocycles. The number of aryl methyl sites for hydroxylation is 1. The van der Waals surface area contributed by atoms with Crippen molar-refractivity contribution >= 4 is 66.7 Å². The molecule has 0 unspecified atom stereocenters. The molecule has 4 rings (SSSR count). The van der Waals surface area contributed by atoms with E-state index in [-0.39, 0.29) is 52.9 Å². The summed E-state index contributed by atoms with van der Waals surface area (Å²) in [6, 6.07) is 16.6. The molecular formula is C25H22BrCl2N3O4S. The van der Waals surface area contributed by atoms with Gasteiger partial charge in [-0.3, -0.25) is 9.59 Å². The highest BCUT2D eigenvalue weighted by Crippen LogP contribution is 2.32. The highest BCUT2D eigenvalue weighted by Gasteiger charge is 2.33. The van der Waals surface area contributed by atoms with Crippen LogP contribution in [0.1, 0.15) is 26.3 Å². The molecular weight excluding hydrogens is 589 g/mol. The van der Waals surface area contributed by atoms with Gasteiger partial charge in [0, 0.05) is 47.5 Å². The number of nitrogens with one attached hydrogen (secondary N) is 1. The van der Waals surface area contributed by atoms with E-state index in [0.717, 1.165) is 10.0 Å². The van der Waals surface area contributed by atoms with Crippen LogP contribution in [0.15, 0.2) is 70.0 Å². The van der Waals surface area contributed by atoms with E-state index >= 15 is 0 Å². The summed E-state index contributed by atoms with van der Waals surface area (Å²) >= 11 is 15.6. The van der Waals surface area contributed by atoms with Crippen LogP contribution >= 0.6 is 39.1 Å². The van der Waals surface area contributed by atoms with Crippen molar-refractivity contribution in [1.29, 1.82) is 0 Å². The maximum Gasteiger partial charge on any atom is 0.255 e. The molecule has 36 heavy (non-hydrogen) atoms. The Balaban J connectivity index is 1.46. The number of carbonyl (C=O) groups excluding carboxylic acids is 2. The summed E-state index contributed by atoms with van der Waals surface area (Å²) in [5.74, 6) is -0.533. The van der Waals surface area contributed by atoms with Gasteiger partial charge in [-0.15, -0.1) is 0 Å². The molecule has 1 fully saturated rings. The number of nitrogens with zero attached hydrogens (tertiary/aromatic N) is 2. The van der Waals surface area contributed by atoms with Crippen LogP contribution in [0.3, 0.4) is 0 Å². The second-order valence-corrected chi connectivity index (χ2v) is 11.8. The van der Waals surface area contributed by atoms with E-state index in [0.29, 0.717) is 16.8 Å². The Morgan fingerprint density at radius 2 is 1.47 bits per heavy atom. The lowest BCUT2D eigenvalue weighted by Gasteiger charge is -2.34. The van der Waals surface area contributed by atoms with Crippen LogP contribution in [0, 0.1) is 6.92 Å².